The van der Waals surface area contributed by atoms with E-state index in [1.165, 1.54) is 11.1 Å². The first kappa shape index (κ1) is 21.8. The average Bonchev–Trinajstić information content (AvgIpc) is 3.31. The highest BCUT2D eigenvalue weighted by Gasteiger charge is 2.46. The van der Waals surface area contributed by atoms with Crippen LogP contribution in [0.5, 0.6) is 0 Å². The Balaban J connectivity index is 1.93. The smallest absolute Gasteiger partial charge is 0.137 e. The van der Waals surface area contributed by atoms with E-state index in [2.05, 4.69) is 43.0 Å². The van der Waals surface area contributed by atoms with Gasteiger partial charge in [0.05, 0.1) is 12.2 Å². The van der Waals surface area contributed by atoms with Gasteiger partial charge >= 0.3 is 0 Å². The van der Waals surface area contributed by atoms with Crippen molar-refractivity contribution in [1.29, 1.82) is 0 Å². The molecule has 27 heavy (non-hydrogen) atoms. The average molecular weight is 373 g/mol. The highest BCUT2D eigenvalue weighted by Crippen LogP contribution is 2.48. The Bertz CT molecular complexity index is 625. The molecule has 2 aliphatic rings. The maximum absolute atomic E-state index is 9.69. The van der Waals surface area contributed by atoms with Crippen molar-refractivity contribution in [2.75, 3.05) is 19.9 Å². The Hall–Kier alpha value is -1.49. The molecule has 3 atom stereocenters. The van der Waals surface area contributed by atoms with Gasteiger partial charge in [-0.15, -0.1) is 0 Å². The lowest BCUT2D eigenvalue weighted by atomic mass is 9.94. The second-order valence-corrected chi connectivity index (χ2v) is 8.31. The molecule has 0 aromatic carbocycles. The van der Waals surface area contributed by atoms with Crippen LogP contribution in [0, 0.1) is 5.92 Å². The number of hydrogen-bond acceptors (Lipinski definition) is 4. The molecular formula is C23H36N2O2. The van der Waals surface area contributed by atoms with Crippen molar-refractivity contribution in [3.05, 3.63) is 48.1 Å². The summed E-state index contributed by atoms with van der Waals surface area (Å²) in [5.41, 5.74) is 3.42. The van der Waals surface area contributed by atoms with Crippen LogP contribution in [0.4, 0.5) is 0 Å². The molecule has 0 saturated heterocycles. The summed E-state index contributed by atoms with van der Waals surface area (Å²) in [5, 5.41) is 9.69. The minimum absolute atomic E-state index is 0.293. The number of aliphatic hydroxyl groups is 1. The van der Waals surface area contributed by atoms with E-state index in [0.29, 0.717) is 31.3 Å². The fourth-order valence-corrected chi connectivity index (χ4v) is 3.61. The molecule has 1 N–H and O–H groups in total. The maximum atomic E-state index is 9.69. The summed E-state index contributed by atoms with van der Waals surface area (Å²) in [7, 11) is 0. The Morgan fingerprint density at radius 3 is 2.85 bits per heavy atom. The minimum atomic E-state index is -0.813. The maximum Gasteiger partial charge on any atom is 0.137 e. The number of fused-ring (bicyclic) bond motifs is 1. The van der Waals surface area contributed by atoms with Gasteiger partial charge in [0, 0.05) is 24.8 Å². The van der Waals surface area contributed by atoms with E-state index in [9.17, 15) is 5.11 Å². The highest BCUT2D eigenvalue weighted by atomic mass is 16.5. The predicted octanol–water partition coefficient (Wildman–Crippen LogP) is 4.29. The minimum Gasteiger partial charge on any atom is -0.388 e. The topological polar surface area (TPSA) is 45.1 Å². The van der Waals surface area contributed by atoms with Crippen molar-refractivity contribution in [2.45, 2.75) is 64.6 Å². The summed E-state index contributed by atoms with van der Waals surface area (Å²) in [4.78, 5) is 7.03. The normalized spacial score (nSPS) is 22.5. The Morgan fingerprint density at radius 2 is 2.22 bits per heavy atom. The molecule has 0 radical (unpaired) electrons. The summed E-state index contributed by atoms with van der Waals surface area (Å²) in [6.45, 7) is 17.6. The number of rotatable bonds is 12. The molecule has 4 heteroatoms. The first-order valence-electron chi connectivity index (χ1n) is 10.0. The molecule has 1 saturated carbocycles. The summed E-state index contributed by atoms with van der Waals surface area (Å²) in [5.74, 6) is 0.334. The third-order valence-electron chi connectivity index (χ3n) is 5.17. The molecule has 1 heterocycles. The van der Waals surface area contributed by atoms with Gasteiger partial charge in [-0.3, -0.25) is 9.89 Å². The van der Waals surface area contributed by atoms with Gasteiger partial charge in [-0.1, -0.05) is 51.7 Å². The summed E-state index contributed by atoms with van der Waals surface area (Å²) < 4.78 is 5.45. The molecular weight excluding hydrogens is 336 g/mol. The van der Waals surface area contributed by atoms with E-state index in [0.717, 1.165) is 25.8 Å². The molecule has 0 aromatic heterocycles. The van der Waals surface area contributed by atoms with Gasteiger partial charge in [-0.25, -0.2) is 0 Å². The lowest BCUT2D eigenvalue weighted by Crippen LogP contribution is -2.37. The fourth-order valence-electron chi connectivity index (χ4n) is 3.61. The molecule has 0 bridgehead atoms. The first-order valence-corrected chi connectivity index (χ1v) is 10.0. The van der Waals surface area contributed by atoms with Crippen LogP contribution in [0.1, 0.15) is 47.0 Å². The summed E-state index contributed by atoms with van der Waals surface area (Å²) >= 11 is 0. The predicted molar refractivity (Wildman–Crippen MR) is 114 cm³/mol. The number of allylic oxidation sites excluding steroid dienone is 3. The largest absolute Gasteiger partial charge is 0.388 e. The third-order valence-corrected chi connectivity index (χ3v) is 5.17. The van der Waals surface area contributed by atoms with Gasteiger partial charge in [0.25, 0.3) is 0 Å². The Kier molecular flexibility index (Phi) is 7.78. The second-order valence-electron chi connectivity index (χ2n) is 8.31. The Labute approximate surface area is 165 Å². The van der Waals surface area contributed by atoms with Gasteiger partial charge in [-0.2, -0.15) is 0 Å². The van der Waals surface area contributed by atoms with Crippen molar-refractivity contribution in [1.82, 2.24) is 4.90 Å². The van der Waals surface area contributed by atoms with Crippen molar-refractivity contribution >= 4 is 6.21 Å². The lowest BCUT2D eigenvalue weighted by molar-refractivity contribution is -0.0184. The van der Waals surface area contributed by atoms with Crippen LogP contribution in [0.2, 0.25) is 0 Å². The van der Waals surface area contributed by atoms with E-state index < -0.39 is 5.60 Å². The molecule has 2 rings (SSSR count). The molecule has 0 spiro atoms. The van der Waals surface area contributed by atoms with Crippen LogP contribution in [0.25, 0.3) is 0 Å². The van der Waals surface area contributed by atoms with E-state index in [4.69, 9.17) is 4.74 Å². The van der Waals surface area contributed by atoms with Gasteiger partial charge in [0.1, 0.15) is 6.73 Å². The third kappa shape index (κ3) is 6.27. The van der Waals surface area contributed by atoms with Crippen LogP contribution >= 0.6 is 0 Å². The molecule has 1 fully saturated rings. The molecule has 0 amide bonds. The number of nitrogens with zero attached hydrogens (tertiary/aromatic N) is 2. The van der Waals surface area contributed by atoms with E-state index >= 15 is 0 Å². The molecule has 3 unspecified atom stereocenters. The number of aliphatic imine (C=N–C) groups is 1. The van der Waals surface area contributed by atoms with E-state index in [1.807, 2.05) is 18.4 Å². The van der Waals surface area contributed by atoms with Crippen molar-refractivity contribution < 1.29 is 9.84 Å². The van der Waals surface area contributed by atoms with Crippen LogP contribution in [0.15, 0.2) is 53.1 Å². The van der Waals surface area contributed by atoms with Gasteiger partial charge < -0.3 is 9.84 Å². The van der Waals surface area contributed by atoms with E-state index in [1.54, 1.807) is 19.4 Å². The first-order chi connectivity index (χ1) is 12.8. The van der Waals surface area contributed by atoms with E-state index in [-0.39, 0.29) is 0 Å². The molecule has 1 aliphatic carbocycles. The standard InChI is InChI=1S/C23H36N2O2/c1-7-9-11-17(3)18(4)21-14-25(22-12-20(21)22)19(10-8-2)13-24-16-27-15-23(5,6)26/h7,9,11,13,17,19,22,26H,1,4,8,10,12,14-16H2,2-3,5-6H3/b11-9-,24-13-. The zero-order valence-electron chi connectivity index (χ0n) is 17.4. The van der Waals surface area contributed by atoms with Crippen molar-refractivity contribution in [3.8, 4) is 0 Å². The molecule has 1 aliphatic heterocycles. The zero-order valence-corrected chi connectivity index (χ0v) is 17.4. The lowest BCUT2D eigenvalue weighted by Gasteiger charge is -2.27. The van der Waals surface area contributed by atoms with Crippen molar-refractivity contribution in [2.24, 2.45) is 10.9 Å². The van der Waals surface area contributed by atoms with Crippen LogP contribution in [-0.2, 0) is 4.74 Å². The van der Waals surface area contributed by atoms with Gasteiger partial charge in [-0.05, 0) is 49.3 Å². The molecule has 0 aromatic rings. The number of ether oxygens (including phenoxy) is 1. The van der Waals surface area contributed by atoms with Gasteiger partial charge in [0.2, 0.25) is 0 Å². The number of hydrogen-bond donors (Lipinski definition) is 1. The highest BCUT2D eigenvalue weighted by molar-refractivity contribution is 5.66. The van der Waals surface area contributed by atoms with Gasteiger partial charge in [0.15, 0.2) is 0 Å². The fraction of sp³-hybridized carbons (Fsp3) is 0.609. The monoisotopic (exact) mass is 372 g/mol. The van der Waals surface area contributed by atoms with Crippen LogP contribution < -0.4 is 0 Å². The van der Waals surface area contributed by atoms with Crippen LogP contribution in [-0.4, -0.2) is 53.8 Å². The van der Waals surface area contributed by atoms with Crippen LogP contribution in [0.3, 0.4) is 0 Å². The quantitative estimate of drug-likeness (QED) is 0.316. The van der Waals surface area contributed by atoms with Crippen molar-refractivity contribution in [3.63, 3.8) is 0 Å². The Morgan fingerprint density at radius 1 is 1.48 bits per heavy atom. The molecule has 150 valence electrons. The summed E-state index contributed by atoms with van der Waals surface area (Å²) in [6.07, 6.45) is 11.4. The zero-order chi connectivity index (χ0) is 20.0. The SMILES string of the molecule is C=C/C=C\C(C)C(=C)C1=C2CC2N(C(/C=N\COCC(C)(C)O)CCC)C1. The summed E-state index contributed by atoms with van der Waals surface area (Å²) in [6, 6.07) is 0.889. The second kappa shape index (κ2) is 9.63. The molecule has 4 nitrogen and oxygen atoms in total.